The highest BCUT2D eigenvalue weighted by Crippen LogP contribution is 2.29. The molecule has 4 rings (SSSR count). The van der Waals surface area contributed by atoms with Crippen LogP contribution in [0.2, 0.25) is 5.02 Å². The van der Waals surface area contributed by atoms with E-state index < -0.39 is 5.82 Å². The number of halogens is 2. The molecular weight excluding hydrogens is 455 g/mol. The van der Waals surface area contributed by atoms with Gasteiger partial charge in [-0.05, 0) is 31.4 Å². The van der Waals surface area contributed by atoms with E-state index in [9.17, 15) is 9.18 Å². The lowest BCUT2D eigenvalue weighted by molar-refractivity contribution is -0.129. The highest BCUT2D eigenvalue weighted by Gasteiger charge is 2.22. The first kappa shape index (κ1) is 23.9. The Labute approximate surface area is 203 Å². The predicted octanol–water partition coefficient (Wildman–Crippen LogP) is 5.86. The van der Waals surface area contributed by atoms with E-state index in [1.807, 2.05) is 31.4 Å². The van der Waals surface area contributed by atoms with Gasteiger partial charge in [-0.25, -0.2) is 19.3 Å². The third-order valence-corrected chi connectivity index (χ3v) is 6.12. The zero-order valence-electron chi connectivity index (χ0n) is 19.3. The van der Waals surface area contributed by atoms with Crippen LogP contribution in [0.15, 0.2) is 49.1 Å². The van der Waals surface area contributed by atoms with Gasteiger partial charge in [0.25, 0.3) is 0 Å². The molecule has 0 spiro atoms. The molecular formula is C25H28ClFN6O. The number of carbonyl (C=O) groups excluding carboxylic acids is 1. The first-order chi connectivity index (χ1) is 16.5. The normalized spacial score (nSPS) is 16.2. The lowest BCUT2D eigenvalue weighted by Gasteiger charge is -2.30. The highest BCUT2D eigenvalue weighted by molar-refractivity contribution is 6.31. The van der Waals surface area contributed by atoms with Gasteiger partial charge in [0.15, 0.2) is 17.5 Å². The second kappa shape index (κ2) is 10.8. The number of aromatic nitrogens is 4. The molecule has 2 atom stereocenters. The molecule has 0 fully saturated rings. The van der Waals surface area contributed by atoms with Crippen LogP contribution >= 0.6 is 11.6 Å². The first-order valence-corrected chi connectivity index (χ1v) is 12.0. The largest absolute Gasteiger partial charge is 0.365 e. The Morgan fingerprint density at radius 3 is 2.91 bits per heavy atom. The van der Waals surface area contributed by atoms with Crippen LogP contribution in [0.5, 0.6) is 0 Å². The van der Waals surface area contributed by atoms with Crippen molar-refractivity contribution in [1.29, 1.82) is 0 Å². The molecule has 3 aromatic rings. The second-order valence-electron chi connectivity index (χ2n) is 8.30. The van der Waals surface area contributed by atoms with E-state index in [1.54, 1.807) is 23.4 Å². The second-order valence-corrected chi connectivity index (χ2v) is 8.73. The summed E-state index contributed by atoms with van der Waals surface area (Å²) in [5.41, 5.74) is 1.36. The van der Waals surface area contributed by atoms with Gasteiger partial charge in [-0.15, -0.1) is 0 Å². The Morgan fingerprint density at radius 1 is 1.26 bits per heavy atom. The number of allylic oxidation sites excluding steroid dienone is 2. The van der Waals surface area contributed by atoms with E-state index >= 15 is 0 Å². The van der Waals surface area contributed by atoms with Crippen LogP contribution in [0.25, 0.3) is 22.4 Å². The number of pyridine rings is 1. The van der Waals surface area contributed by atoms with Crippen molar-refractivity contribution in [2.24, 2.45) is 0 Å². The molecule has 34 heavy (non-hydrogen) atoms. The summed E-state index contributed by atoms with van der Waals surface area (Å²) in [7, 11) is 0. The minimum atomic E-state index is -0.510. The van der Waals surface area contributed by atoms with Gasteiger partial charge in [0, 0.05) is 42.0 Å². The van der Waals surface area contributed by atoms with Gasteiger partial charge in [0.05, 0.1) is 17.3 Å². The number of nitrogens with zero attached hydrogens (tertiary/aromatic N) is 4. The average Bonchev–Trinajstić information content (AvgIpc) is 3.26. The van der Waals surface area contributed by atoms with Gasteiger partial charge < -0.3 is 15.2 Å². The van der Waals surface area contributed by atoms with Gasteiger partial charge in [-0.1, -0.05) is 44.0 Å². The van der Waals surface area contributed by atoms with Gasteiger partial charge in [-0.3, -0.25) is 4.79 Å². The Morgan fingerprint density at radius 2 is 2.12 bits per heavy atom. The highest BCUT2D eigenvalue weighted by atomic mass is 35.5. The fraction of sp³-hybridized carbons (Fsp3) is 0.360. The molecule has 2 N–H and O–H groups in total. The monoisotopic (exact) mass is 482 g/mol. The Kier molecular flexibility index (Phi) is 7.57. The first-order valence-electron chi connectivity index (χ1n) is 11.6. The van der Waals surface area contributed by atoms with Gasteiger partial charge in [-0.2, -0.15) is 0 Å². The summed E-state index contributed by atoms with van der Waals surface area (Å²) in [6, 6.07) is 1.78. The molecule has 7 nitrogen and oxygen atoms in total. The van der Waals surface area contributed by atoms with Crippen LogP contribution in [-0.2, 0) is 4.79 Å². The summed E-state index contributed by atoms with van der Waals surface area (Å²) in [6.07, 6.45) is 15.9. The summed E-state index contributed by atoms with van der Waals surface area (Å²) in [5, 5.41) is 4.55. The van der Waals surface area contributed by atoms with Gasteiger partial charge in [0.2, 0.25) is 5.91 Å². The van der Waals surface area contributed by atoms with E-state index in [4.69, 9.17) is 11.6 Å². The van der Waals surface area contributed by atoms with Crippen molar-refractivity contribution >= 4 is 34.4 Å². The number of fused-ring (bicyclic) bond motifs is 1. The molecule has 0 saturated carbocycles. The number of aromatic amines is 1. The zero-order valence-corrected chi connectivity index (χ0v) is 20.0. The van der Waals surface area contributed by atoms with Crippen molar-refractivity contribution in [2.75, 3.05) is 5.32 Å². The van der Waals surface area contributed by atoms with Crippen molar-refractivity contribution in [3.8, 4) is 11.4 Å². The fourth-order valence-corrected chi connectivity index (χ4v) is 4.35. The van der Waals surface area contributed by atoms with Crippen molar-refractivity contribution in [1.82, 2.24) is 24.8 Å². The smallest absolute Gasteiger partial charge is 0.226 e. The van der Waals surface area contributed by atoms with Gasteiger partial charge in [0.1, 0.15) is 5.65 Å². The number of hydrogen-bond donors (Lipinski definition) is 2. The molecule has 0 aromatic carbocycles. The number of rotatable bonds is 9. The van der Waals surface area contributed by atoms with Crippen LogP contribution < -0.4 is 5.32 Å². The van der Waals surface area contributed by atoms with Crippen LogP contribution in [0.3, 0.4) is 0 Å². The average molecular weight is 483 g/mol. The third kappa shape index (κ3) is 5.28. The van der Waals surface area contributed by atoms with E-state index in [0.29, 0.717) is 28.5 Å². The standard InChI is InChI=1S/C25H28ClFN6O/c1-3-7-17(9-10-18-8-5-6-11-33(18)22(34)4-2)31-25-21(27)15-30-24(32-25)20-14-29-23-19(20)12-16(26)13-28-23/h5-6,8,11-15,17-18H,3-4,7,9-10H2,1-2H3,(H,28,29)(H,30,31,32)/t17?,18-/m1/s1. The number of amides is 1. The molecule has 0 radical (unpaired) electrons. The number of anilines is 1. The third-order valence-electron chi connectivity index (χ3n) is 5.91. The van der Waals surface area contributed by atoms with Crippen LogP contribution in [0.1, 0.15) is 46.0 Å². The van der Waals surface area contributed by atoms with Crippen molar-refractivity contribution in [3.63, 3.8) is 0 Å². The number of carbonyl (C=O) groups is 1. The lowest BCUT2D eigenvalue weighted by atomic mass is 10.00. The van der Waals surface area contributed by atoms with Crippen molar-refractivity contribution < 1.29 is 9.18 Å². The predicted molar refractivity (Wildman–Crippen MR) is 133 cm³/mol. The van der Waals surface area contributed by atoms with E-state index in [0.717, 1.165) is 31.1 Å². The molecule has 178 valence electrons. The molecule has 1 unspecified atom stereocenters. The SMILES string of the molecule is CCCC(CC[C@H]1C=CC=CN1C(=O)CC)Nc1nc(-c2c[nH]c3ncc(Cl)cc23)ncc1F. The quantitative estimate of drug-likeness (QED) is 0.398. The number of nitrogens with one attached hydrogen (secondary N) is 2. The van der Waals surface area contributed by atoms with Crippen molar-refractivity contribution in [3.05, 3.63) is 59.9 Å². The maximum atomic E-state index is 14.7. The number of H-pyrrole nitrogens is 1. The van der Waals surface area contributed by atoms with Crippen LogP contribution in [0.4, 0.5) is 10.2 Å². The van der Waals surface area contributed by atoms with E-state index in [-0.39, 0.29) is 23.8 Å². The summed E-state index contributed by atoms with van der Waals surface area (Å²) < 4.78 is 14.7. The minimum absolute atomic E-state index is 0.000727. The Hall–Kier alpha value is -3.26. The molecule has 3 aromatic heterocycles. The van der Waals surface area contributed by atoms with E-state index in [1.165, 1.54) is 6.20 Å². The molecule has 1 aliphatic rings. The summed E-state index contributed by atoms with van der Waals surface area (Å²) >= 11 is 6.11. The molecule has 0 aliphatic carbocycles. The molecule has 0 saturated heterocycles. The van der Waals surface area contributed by atoms with Crippen LogP contribution in [0, 0.1) is 5.82 Å². The maximum Gasteiger partial charge on any atom is 0.226 e. The minimum Gasteiger partial charge on any atom is -0.365 e. The molecule has 1 aliphatic heterocycles. The molecule has 9 heteroatoms. The Balaban J connectivity index is 1.52. The molecule has 0 bridgehead atoms. The summed E-state index contributed by atoms with van der Waals surface area (Å²) in [4.78, 5) is 30.1. The molecule has 1 amide bonds. The number of hydrogen-bond acceptors (Lipinski definition) is 5. The summed E-state index contributed by atoms with van der Waals surface area (Å²) in [6.45, 7) is 3.95. The molecule has 4 heterocycles. The van der Waals surface area contributed by atoms with Crippen LogP contribution in [-0.4, -0.2) is 42.8 Å². The Bertz CT molecular complexity index is 1220. The topological polar surface area (TPSA) is 86.8 Å². The van der Waals surface area contributed by atoms with Crippen molar-refractivity contribution in [2.45, 2.75) is 58.0 Å². The van der Waals surface area contributed by atoms with E-state index in [2.05, 4.69) is 32.2 Å². The van der Waals surface area contributed by atoms with Gasteiger partial charge >= 0.3 is 0 Å². The lowest BCUT2D eigenvalue weighted by Crippen LogP contribution is -2.36. The summed E-state index contributed by atoms with van der Waals surface area (Å²) in [5.74, 6) is 0.123. The maximum absolute atomic E-state index is 14.7. The fourth-order valence-electron chi connectivity index (χ4n) is 4.19. The zero-order chi connectivity index (χ0) is 24.1.